The fourth-order valence-electron chi connectivity index (χ4n) is 3.45. The van der Waals surface area contributed by atoms with Gasteiger partial charge >= 0.3 is 6.03 Å². The van der Waals surface area contributed by atoms with E-state index in [4.69, 9.17) is 4.74 Å². The molecule has 0 bridgehead atoms. The molecule has 6 nitrogen and oxygen atoms in total. The number of carbonyl (C=O) groups is 2. The molecule has 0 spiro atoms. The summed E-state index contributed by atoms with van der Waals surface area (Å²) in [6.45, 7) is 4.09. The minimum Gasteiger partial charge on any atom is -0.496 e. The molecule has 2 aromatic rings. The minimum atomic E-state index is -0.0832. The third kappa shape index (κ3) is 4.44. The van der Waals surface area contributed by atoms with Crippen LogP contribution in [0.2, 0.25) is 0 Å². The van der Waals surface area contributed by atoms with Crippen molar-refractivity contribution in [3.05, 3.63) is 65.7 Å². The summed E-state index contributed by atoms with van der Waals surface area (Å²) in [7, 11) is 1.56. The molecule has 1 fully saturated rings. The van der Waals surface area contributed by atoms with Crippen molar-refractivity contribution in [2.75, 3.05) is 33.3 Å². The summed E-state index contributed by atoms with van der Waals surface area (Å²) < 4.78 is 5.29. The maximum atomic E-state index is 12.8. The Bertz CT molecular complexity index is 802. The van der Waals surface area contributed by atoms with Crippen LogP contribution in [0.25, 0.3) is 0 Å². The summed E-state index contributed by atoms with van der Waals surface area (Å²) in [5, 5.41) is 3.11. The Morgan fingerprint density at radius 2 is 1.57 bits per heavy atom. The van der Waals surface area contributed by atoms with Crippen molar-refractivity contribution in [1.82, 2.24) is 15.1 Å². The van der Waals surface area contributed by atoms with E-state index in [9.17, 15) is 9.59 Å². The number of piperazine rings is 1. The monoisotopic (exact) mass is 381 g/mol. The first-order valence-electron chi connectivity index (χ1n) is 9.66. The van der Waals surface area contributed by atoms with Gasteiger partial charge in [-0.15, -0.1) is 0 Å². The molecular weight excluding hydrogens is 354 g/mol. The molecule has 2 aromatic carbocycles. The van der Waals surface area contributed by atoms with Crippen LogP contribution < -0.4 is 10.1 Å². The van der Waals surface area contributed by atoms with Crippen molar-refractivity contribution in [3.63, 3.8) is 0 Å². The Morgan fingerprint density at radius 3 is 2.21 bits per heavy atom. The SMILES string of the molecule is CC[C@@H](NC(=O)N1CCN(C(=O)c2ccccc2OC)CC1)c1ccccc1. The van der Waals surface area contributed by atoms with Crippen molar-refractivity contribution in [2.24, 2.45) is 0 Å². The number of ether oxygens (including phenoxy) is 1. The fourth-order valence-corrected chi connectivity index (χ4v) is 3.45. The lowest BCUT2D eigenvalue weighted by atomic mass is 10.1. The molecule has 28 heavy (non-hydrogen) atoms. The van der Waals surface area contributed by atoms with Crippen molar-refractivity contribution in [3.8, 4) is 5.75 Å². The summed E-state index contributed by atoms with van der Waals surface area (Å²) >= 11 is 0. The van der Waals surface area contributed by atoms with Gasteiger partial charge in [0.05, 0.1) is 18.7 Å². The lowest BCUT2D eigenvalue weighted by Crippen LogP contribution is -2.53. The lowest BCUT2D eigenvalue weighted by Gasteiger charge is -2.35. The first kappa shape index (κ1) is 19.7. The topological polar surface area (TPSA) is 61.9 Å². The Hall–Kier alpha value is -3.02. The molecule has 1 atom stereocenters. The Balaban J connectivity index is 1.57. The van der Waals surface area contributed by atoms with Gasteiger partial charge in [-0.25, -0.2) is 4.79 Å². The van der Waals surface area contributed by atoms with Gasteiger partial charge in [0, 0.05) is 26.2 Å². The zero-order valence-electron chi connectivity index (χ0n) is 16.4. The second-order valence-electron chi connectivity index (χ2n) is 6.80. The van der Waals surface area contributed by atoms with Gasteiger partial charge in [0.2, 0.25) is 0 Å². The molecule has 0 unspecified atom stereocenters. The summed E-state index contributed by atoms with van der Waals surface area (Å²) in [4.78, 5) is 29.0. The van der Waals surface area contributed by atoms with E-state index < -0.39 is 0 Å². The first-order valence-corrected chi connectivity index (χ1v) is 9.66. The molecule has 1 aliphatic heterocycles. The molecule has 6 heteroatoms. The minimum absolute atomic E-state index is 0.0121. The van der Waals surface area contributed by atoms with Crippen molar-refractivity contribution in [1.29, 1.82) is 0 Å². The van der Waals surface area contributed by atoms with Gasteiger partial charge in [-0.1, -0.05) is 49.4 Å². The molecule has 1 saturated heterocycles. The van der Waals surface area contributed by atoms with Gasteiger partial charge in [-0.3, -0.25) is 4.79 Å². The highest BCUT2D eigenvalue weighted by atomic mass is 16.5. The van der Waals surface area contributed by atoms with Gasteiger partial charge in [0.25, 0.3) is 5.91 Å². The number of hydrogen-bond acceptors (Lipinski definition) is 3. The first-order chi connectivity index (χ1) is 13.6. The third-order valence-electron chi connectivity index (χ3n) is 5.10. The van der Waals surface area contributed by atoms with Crippen molar-refractivity contribution < 1.29 is 14.3 Å². The highest BCUT2D eigenvalue weighted by Crippen LogP contribution is 2.21. The van der Waals surface area contributed by atoms with Crippen LogP contribution in [0.4, 0.5) is 4.79 Å². The molecule has 1 N–H and O–H groups in total. The summed E-state index contributed by atoms with van der Waals surface area (Å²) in [6, 6.07) is 17.1. The number of hydrogen-bond donors (Lipinski definition) is 1. The highest BCUT2D eigenvalue weighted by molar-refractivity contribution is 5.97. The van der Waals surface area contributed by atoms with Crippen LogP contribution in [0, 0.1) is 0 Å². The molecule has 3 amide bonds. The normalized spacial score (nSPS) is 15.1. The predicted molar refractivity (Wildman–Crippen MR) is 108 cm³/mol. The van der Waals surface area contributed by atoms with Gasteiger partial charge in [-0.05, 0) is 24.1 Å². The number of amides is 3. The number of rotatable bonds is 5. The average molecular weight is 381 g/mol. The Labute approximate surface area is 166 Å². The van der Waals surface area contributed by atoms with E-state index in [1.807, 2.05) is 42.5 Å². The number of methoxy groups -OCH3 is 1. The summed E-state index contributed by atoms with van der Waals surface area (Å²) in [6.07, 6.45) is 0.821. The second kappa shape index (κ2) is 9.26. The number of nitrogens with one attached hydrogen (secondary N) is 1. The largest absolute Gasteiger partial charge is 0.496 e. The molecule has 0 saturated carbocycles. The average Bonchev–Trinajstić information content (AvgIpc) is 2.77. The maximum absolute atomic E-state index is 12.8. The molecule has 148 valence electrons. The van der Waals surface area contributed by atoms with E-state index in [1.165, 1.54) is 0 Å². The lowest BCUT2D eigenvalue weighted by molar-refractivity contribution is 0.0660. The molecular formula is C22H27N3O3. The van der Waals surface area contributed by atoms with Crippen LogP contribution in [0.1, 0.15) is 35.3 Å². The van der Waals surface area contributed by atoms with Crippen LogP contribution in [-0.4, -0.2) is 55.0 Å². The van der Waals surface area contributed by atoms with Crippen LogP contribution in [0.5, 0.6) is 5.75 Å². The van der Waals surface area contributed by atoms with Crippen molar-refractivity contribution in [2.45, 2.75) is 19.4 Å². The number of urea groups is 1. The second-order valence-corrected chi connectivity index (χ2v) is 6.80. The van der Waals surface area contributed by atoms with E-state index in [-0.39, 0.29) is 18.0 Å². The highest BCUT2D eigenvalue weighted by Gasteiger charge is 2.27. The molecule has 3 rings (SSSR count). The predicted octanol–water partition coefficient (Wildman–Crippen LogP) is 3.31. The van der Waals surface area contributed by atoms with Gasteiger partial charge < -0.3 is 19.9 Å². The third-order valence-corrected chi connectivity index (χ3v) is 5.10. The molecule has 1 heterocycles. The number of nitrogens with zero attached hydrogens (tertiary/aromatic N) is 2. The quantitative estimate of drug-likeness (QED) is 0.864. The number of carbonyl (C=O) groups excluding carboxylic acids is 2. The molecule has 0 aromatic heterocycles. The standard InChI is InChI=1S/C22H27N3O3/c1-3-19(17-9-5-4-6-10-17)23-22(27)25-15-13-24(14-16-25)21(26)18-11-7-8-12-20(18)28-2/h4-12,19H,3,13-16H2,1-2H3,(H,23,27)/t19-/m1/s1. The van der Waals surface area contributed by atoms with Gasteiger partial charge in [-0.2, -0.15) is 0 Å². The number of para-hydroxylation sites is 1. The Kier molecular flexibility index (Phi) is 6.53. The maximum Gasteiger partial charge on any atom is 0.318 e. The van der Waals surface area contributed by atoms with Crippen LogP contribution in [0.15, 0.2) is 54.6 Å². The number of benzene rings is 2. The van der Waals surface area contributed by atoms with E-state index in [1.54, 1.807) is 29.0 Å². The van der Waals surface area contributed by atoms with Gasteiger partial charge in [0.15, 0.2) is 0 Å². The summed E-state index contributed by atoms with van der Waals surface area (Å²) in [5.41, 5.74) is 1.65. The fraction of sp³-hybridized carbons (Fsp3) is 0.364. The molecule has 1 aliphatic rings. The van der Waals surface area contributed by atoms with Crippen LogP contribution >= 0.6 is 0 Å². The van der Waals surface area contributed by atoms with Gasteiger partial charge in [0.1, 0.15) is 5.75 Å². The van der Waals surface area contributed by atoms with Crippen LogP contribution in [0.3, 0.4) is 0 Å². The molecule has 0 aliphatic carbocycles. The smallest absolute Gasteiger partial charge is 0.318 e. The van der Waals surface area contributed by atoms with E-state index in [2.05, 4.69) is 12.2 Å². The van der Waals surface area contributed by atoms with E-state index in [0.717, 1.165) is 12.0 Å². The van der Waals surface area contributed by atoms with E-state index in [0.29, 0.717) is 37.5 Å². The summed E-state index contributed by atoms with van der Waals surface area (Å²) in [5.74, 6) is 0.509. The Morgan fingerprint density at radius 1 is 0.964 bits per heavy atom. The van der Waals surface area contributed by atoms with Crippen LogP contribution in [-0.2, 0) is 0 Å². The van der Waals surface area contributed by atoms with Crippen molar-refractivity contribution >= 4 is 11.9 Å². The molecule has 0 radical (unpaired) electrons. The van der Waals surface area contributed by atoms with E-state index >= 15 is 0 Å². The zero-order chi connectivity index (χ0) is 19.9. The zero-order valence-corrected chi connectivity index (χ0v) is 16.4.